The summed E-state index contributed by atoms with van der Waals surface area (Å²) in [6.07, 6.45) is 71.0. The molecule has 0 fully saturated rings. The quantitative estimate of drug-likeness (QED) is 0.0423. The van der Waals surface area contributed by atoms with Gasteiger partial charge in [-0.15, -0.1) is 0 Å². The van der Waals surface area contributed by atoms with E-state index in [1.807, 2.05) is 0 Å². The number of aliphatic hydroxyl groups excluding tert-OH is 2. The summed E-state index contributed by atoms with van der Waals surface area (Å²) in [6.45, 7) is 4.19. The fourth-order valence-electron chi connectivity index (χ4n) is 7.86. The van der Waals surface area contributed by atoms with Gasteiger partial charge in [-0.05, 0) is 57.8 Å². The molecular weight excluding hydrogens is 723 g/mol. The number of unbranched alkanes of at least 4 members (excludes halogenated alkanes) is 30. The second kappa shape index (κ2) is 50.4. The Bertz CT molecular complexity index is 981. The van der Waals surface area contributed by atoms with Crippen molar-refractivity contribution in [3.05, 3.63) is 60.8 Å². The van der Waals surface area contributed by atoms with E-state index in [0.29, 0.717) is 12.8 Å². The largest absolute Gasteiger partial charge is 0.394 e. The highest BCUT2D eigenvalue weighted by Crippen LogP contribution is 2.17. The first-order valence-corrected chi connectivity index (χ1v) is 26.0. The van der Waals surface area contributed by atoms with Crippen LogP contribution >= 0.6 is 0 Å². The van der Waals surface area contributed by atoms with Gasteiger partial charge in [-0.1, -0.05) is 261 Å². The van der Waals surface area contributed by atoms with Gasteiger partial charge in [0.05, 0.1) is 18.8 Å². The van der Waals surface area contributed by atoms with Gasteiger partial charge in [-0.3, -0.25) is 4.79 Å². The van der Waals surface area contributed by atoms with E-state index >= 15 is 0 Å². The van der Waals surface area contributed by atoms with Crippen molar-refractivity contribution in [2.75, 3.05) is 6.61 Å². The standard InChI is InChI=1S/C55H101NO3/c1-3-5-7-9-11-12-13-14-15-16-17-18-19-20-21-22-23-24-25-26-27-28-29-30-31-32-33-34-35-36-37-38-39-40-41-42-43-44-45-47-49-51-55(59)56-53(52-57)54(58)50-48-46-10-8-6-4-2/h5,7,11-12,14-15,17-18,20-21,53-54,57-58H,3-4,6,8-10,13,16,19,22-52H2,1-2H3,(H,56,59)/b7-5-,12-11-,15-14-,18-17-,21-20-. The number of carbonyl (C=O) groups is 1. The summed E-state index contributed by atoms with van der Waals surface area (Å²) >= 11 is 0. The molecule has 0 bridgehead atoms. The first-order chi connectivity index (χ1) is 29.2. The topological polar surface area (TPSA) is 69.6 Å². The number of rotatable bonds is 47. The van der Waals surface area contributed by atoms with E-state index in [0.717, 1.165) is 57.8 Å². The third kappa shape index (κ3) is 47.0. The average Bonchev–Trinajstić information content (AvgIpc) is 3.24. The molecule has 0 aliphatic rings. The fourth-order valence-corrected chi connectivity index (χ4v) is 7.86. The number of allylic oxidation sites excluding steroid dienone is 10. The molecule has 0 aromatic rings. The van der Waals surface area contributed by atoms with Crippen molar-refractivity contribution in [1.29, 1.82) is 0 Å². The first kappa shape index (κ1) is 57.1. The van der Waals surface area contributed by atoms with Crippen LogP contribution in [0.2, 0.25) is 0 Å². The second-order valence-corrected chi connectivity index (χ2v) is 17.6. The average molecular weight is 824 g/mol. The van der Waals surface area contributed by atoms with Crippen LogP contribution < -0.4 is 5.32 Å². The van der Waals surface area contributed by atoms with Gasteiger partial charge in [0.2, 0.25) is 5.91 Å². The van der Waals surface area contributed by atoms with Gasteiger partial charge in [0.15, 0.2) is 0 Å². The first-order valence-electron chi connectivity index (χ1n) is 26.0. The number of amides is 1. The molecule has 0 saturated heterocycles. The lowest BCUT2D eigenvalue weighted by molar-refractivity contribution is -0.123. The Morgan fingerprint density at radius 2 is 0.746 bits per heavy atom. The number of aliphatic hydroxyl groups is 2. The zero-order valence-electron chi connectivity index (χ0n) is 39.5. The zero-order chi connectivity index (χ0) is 42.8. The molecule has 0 spiro atoms. The molecule has 0 rings (SSSR count). The molecule has 0 aromatic heterocycles. The molecule has 0 aromatic carbocycles. The van der Waals surface area contributed by atoms with Crippen LogP contribution in [-0.2, 0) is 4.79 Å². The molecule has 0 aliphatic heterocycles. The molecule has 0 saturated carbocycles. The van der Waals surface area contributed by atoms with E-state index in [9.17, 15) is 15.0 Å². The van der Waals surface area contributed by atoms with Gasteiger partial charge in [0, 0.05) is 6.42 Å². The van der Waals surface area contributed by atoms with E-state index < -0.39 is 12.1 Å². The van der Waals surface area contributed by atoms with Gasteiger partial charge in [-0.25, -0.2) is 0 Å². The van der Waals surface area contributed by atoms with Crippen LogP contribution in [0.25, 0.3) is 0 Å². The van der Waals surface area contributed by atoms with Gasteiger partial charge in [0.1, 0.15) is 0 Å². The second-order valence-electron chi connectivity index (χ2n) is 17.6. The molecule has 0 aliphatic carbocycles. The summed E-state index contributed by atoms with van der Waals surface area (Å²) in [5, 5.41) is 22.9. The Labute approximate surface area is 368 Å². The predicted molar refractivity (Wildman–Crippen MR) is 262 cm³/mol. The molecule has 4 nitrogen and oxygen atoms in total. The van der Waals surface area contributed by atoms with Crippen LogP contribution in [0.3, 0.4) is 0 Å². The van der Waals surface area contributed by atoms with Crippen LogP contribution in [0.15, 0.2) is 60.8 Å². The van der Waals surface area contributed by atoms with Crippen LogP contribution in [0.5, 0.6) is 0 Å². The lowest BCUT2D eigenvalue weighted by Crippen LogP contribution is -2.45. The number of carbonyl (C=O) groups excluding carboxylic acids is 1. The highest BCUT2D eigenvalue weighted by Gasteiger charge is 2.20. The molecule has 0 heterocycles. The Morgan fingerprint density at radius 3 is 1.12 bits per heavy atom. The van der Waals surface area contributed by atoms with Crippen LogP contribution in [0.1, 0.15) is 264 Å². The fraction of sp³-hybridized carbons (Fsp3) is 0.800. The van der Waals surface area contributed by atoms with Crippen molar-refractivity contribution < 1.29 is 15.0 Å². The monoisotopic (exact) mass is 824 g/mol. The summed E-state index contributed by atoms with van der Waals surface area (Å²) < 4.78 is 0. The van der Waals surface area contributed by atoms with Gasteiger partial charge < -0.3 is 15.5 Å². The Kier molecular flexibility index (Phi) is 48.8. The van der Waals surface area contributed by atoms with Crippen molar-refractivity contribution in [2.24, 2.45) is 0 Å². The maximum atomic E-state index is 12.3. The van der Waals surface area contributed by atoms with Gasteiger partial charge >= 0.3 is 0 Å². The summed E-state index contributed by atoms with van der Waals surface area (Å²) in [7, 11) is 0. The maximum absolute atomic E-state index is 12.3. The number of hydrogen-bond acceptors (Lipinski definition) is 3. The summed E-state index contributed by atoms with van der Waals surface area (Å²) in [6, 6.07) is -0.531. The van der Waals surface area contributed by atoms with E-state index in [2.05, 4.69) is 79.9 Å². The lowest BCUT2D eigenvalue weighted by Gasteiger charge is -2.22. The van der Waals surface area contributed by atoms with Crippen molar-refractivity contribution in [2.45, 2.75) is 276 Å². The molecule has 59 heavy (non-hydrogen) atoms. The molecule has 4 heteroatoms. The minimum Gasteiger partial charge on any atom is -0.394 e. The summed E-state index contributed by atoms with van der Waals surface area (Å²) in [4.78, 5) is 12.3. The highest BCUT2D eigenvalue weighted by atomic mass is 16.3. The van der Waals surface area contributed by atoms with Crippen LogP contribution in [0.4, 0.5) is 0 Å². The van der Waals surface area contributed by atoms with Crippen molar-refractivity contribution in [3.63, 3.8) is 0 Å². The van der Waals surface area contributed by atoms with Crippen molar-refractivity contribution in [3.8, 4) is 0 Å². The highest BCUT2D eigenvalue weighted by molar-refractivity contribution is 5.76. The Balaban J connectivity index is 3.33. The third-order valence-electron chi connectivity index (χ3n) is 11.8. The normalized spacial score (nSPS) is 13.4. The predicted octanol–water partition coefficient (Wildman–Crippen LogP) is 16.9. The Hall–Kier alpha value is -1.91. The lowest BCUT2D eigenvalue weighted by atomic mass is 10.0. The van der Waals surface area contributed by atoms with Crippen molar-refractivity contribution >= 4 is 5.91 Å². The van der Waals surface area contributed by atoms with E-state index in [1.165, 1.54) is 180 Å². The smallest absolute Gasteiger partial charge is 0.220 e. The van der Waals surface area contributed by atoms with E-state index in [1.54, 1.807) is 0 Å². The summed E-state index contributed by atoms with van der Waals surface area (Å²) in [5.74, 6) is -0.0340. The van der Waals surface area contributed by atoms with Crippen LogP contribution in [-0.4, -0.2) is 34.9 Å². The molecule has 3 N–H and O–H groups in total. The number of hydrogen-bond donors (Lipinski definition) is 3. The SMILES string of the molecule is CC/C=C\C/C=C\C/C=C\C/C=C\C/C=C\CCCCCCCCCCCCCCCCCCCCCCCCCCCC(=O)NC(CO)C(O)CCCCCCCC. The minimum atomic E-state index is -0.654. The van der Waals surface area contributed by atoms with Gasteiger partial charge in [0.25, 0.3) is 0 Å². The molecule has 2 atom stereocenters. The molecule has 2 unspecified atom stereocenters. The molecule has 344 valence electrons. The van der Waals surface area contributed by atoms with E-state index in [-0.39, 0.29) is 12.5 Å². The zero-order valence-corrected chi connectivity index (χ0v) is 39.5. The van der Waals surface area contributed by atoms with Gasteiger partial charge in [-0.2, -0.15) is 0 Å². The van der Waals surface area contributed by atoms with Crippen LogP contribution in [0, 0.1) is 0 Å². The molecular formula is C55H101NO3. The Morgan fingerprint density at radius 1 is 0.424 bits per heavy atom. The van der Waals surface area contributed by atoms with E-state index in [4.69, 9.17) is 0 Å². The minimum absolute atomic E-state index is 0.0340. The number of nitrogens with one attached hydrogen (secondary N) is 1. The van der Waals surface area contributed by atoms with Crippen molar-refractivity contribution in [1.82, 2.24) is 5.32 Å². The maximum Gasteiger partial charge on any atom is 0.220 e. The molecule has 0 radical (unpaired) electrons. The summed E-state index contributed by atoms with van der Waals surface area (Å²) in [5.41, 5.74) is 0. The third-order valence-corrected chi connectivity index (χ3v) is 11.8. The molecule has 1 amide bonds.